The molecule has 116 valence electrons. The molecule has 0 spiro atoms. The lowest BCUT2D eigenvalue weighted by Gasteiger charge is -2.11. The predicted octanol–water partition coefficient (Wildman–Crippen LogP) is 1.92. The molecule has 0 aromatic heterocycles. The highest BCUT2D eigenvalue weighted by Gasteiger charge is 2.03. The zero-order chi connectivity index (χ0) is 15.5. The topological polar surface area (TPSA) is 65.5 Å². The SMILES string of the molecule is CCCNC(=O)CNC(=NCc1ccccc1Cl)NCC. The van der Waals surface area contributed by atoms with Crippen LogP contribution in [0.25, 0.3) is 0 Å². The molecule has 0 radical (unpaired) electrons. The molecule has 0 atom stereocenters. The third kappa shape index (κ3) is 6.99. The van der Waals surface area contributed by atoms with Crippen molar-refractivity contribution in [3.63, 3.8) is 0 Å². The van der Waals surface area contributed by atoms with Crippen molar-refractivity contribution in [2.75, 3.05) is 19.6 Å². The third-order valence-electron chi connectivity index (χ3n) is 2.70. The maximum absolute atomic E-state index is 11.6. The molecule has 1 aromatic carbocycles. The van der Waals surface area contributed by atoms with E-state index in [0.717, 1.165) is 18.5 Å². The second kappa shape index (κ2) is 10.0. The van der Waals surface area contributed by atoms with Gasteiger partial charge in [0.05, 0.1) is 13.1 Å². The Morgan fingerprint density at radius 3 is 2.62 bits per heavy atom. The number of rotatable bonds is 7. The highest BCUT2D eigenvalue weighted by molar-refractivity contribution is 6.31. The average Bonchev–Trinajstić information content (AvgIpc) is 2.49. The first-order valence-electron chi connectivity index (χ1n) is 7.19. The number of carbonyl (C=O) groups is 1. The number of aliphatic imine (C=N–C) groups is 1. The van der Waals surface area contributed by atoms with Crippen LogP contribution >= 0.6 is 11.6 Å². The van der Waals surface area contributed by atoms with E-state index in [2.05, 4.69) is 20.9 Å². The molecule has 3 N–H and O–H groups in total. The van der Waals surface area contributed by atoms with Crippen LogP contribution < -0.4 is 16.0 Å². The van der Waals surface area contributed by atoms with E-state index >= 15 is 0 Å². The monoisotopic (exact) mass is 310 g/mol. The van der Waals surface area contributed by atoms with Crippen LogP contribution in [0.4, 0.5) is 0 Å². The number of guanidine groups is 1. The van der Waals surface area contributed by atoms with Crippen LogP contribution in [-0.4, -0.2) is 31.5 Å². The summed E-state index contributed by atoms with van der Waals surface area (Å²) in [5, 5.41) is 9.60. The Hall–Kier alpha value is -1.75. The molecule has 0 unspecified atom stereocenters. The summed E-state index contributed by atoms with van der Waals surface area (Å²) in [6, 6.07) is 7.58. The van der Waals surface area contributed by atoms with E-state index in [1.807, 2.05) is 38.1 Å². The zero-order valence-electron chi connectivity index (χ0n) is 12.6. The van der Waals surface area contributed by atoms with E-state index in [4.69, 9.17) is 11.6 Å². The van der Waals surface area contributed by atoms with Crippen LogP contribution in [0.15, 0.2) is 29.3 Å². The minimum Gasteiger partial charge on any atom is -0.357 e. The van der Waals surface area contributed by atoms with Gasteiger partial charge in [-0.1, -0.05) is 36.7 Å². The second-order valence-corrected chi connectivity index (χ2v) is 4.90. The summed E-state index contributed by atoms with van der Waals surface area (Å²) in [5.74, 6) is 0.560. The molecule has 6 heteroatoms. The van der Waals surface area contributed by atoms with Gasteiger partial charge < -0.3 is 16.0 Å². The van der Waals surface area contributed by atoms with Crippen LogP contribution in [0.2, 0.25) is 5.02 Å². The van der Waals surface area contributed by atoms with Crippen molar-refractivity contribution in [3.8, 4) is 0 Å². The molecule has 0 aliphatic rings. The lowest BCUT2D eigenvalue weighted by molar-refractivity contribution is -0.120. The molecule has 0 aliphatic heterocycles. The summed E-state index contributed by atoms with van der Waals surface area (Å²) in [5.41, 5.74) is 0.951. The molecule has 0 heterocycles. The molecule has 1 aromatic rings. The largest absolute Gasteiger partial charge is 0.357 e. The molecule has 0 aliphatic carbocycles. The Balaban J connectivity index is 2.54. The first-order valence-corrected chi connectivity index (χ1v) is 7.57. The van der Waals surface area contributed by atoms with Gasteiger partial charge in [0.25, 0.3) is 0 Å². The van der Waals surface area contributed by atoms with Crippen molar-refractivity contribution in [3.05, 3.63) is 34.9 Å². The number of hydrogen-bond donors (Lipinski definition) is 3. The number of benzene rings is 1. The maximum Gasteiger partial charge on any atom is 0.239 e. The van der Waals surface area contributed by atoms with Crippen LogP contribution in [-0.2, 0) is 11.3 Å². The highest BCUT2D eigenvalue weighted by Crippen LogP contribution is 2.15. The predicted molar refractivity (Wildman–Crippen MR) is 87.6 cm³/mol. The lowest BCUT2D eigenvalue weighted by Crippen LogP contribution is -2.43. The van der Waals surface area contributed by atoms with Gasteiger partial charge in [0, 0.05) is 18.1 Å². The molecule has 0 fully saturated rings. The Bertz CT molecular complexity index is 476. The molecule has 1 amide bonds. The molecule has 0 bridgehead atoms. The summed E-state index contributed by atoms with van der Waals surface area (Å²) in [4.78, 5) is 16.0. The normalized spacial score (nSPS) is 11.1. The summed E-state index contributed by atoms with van der Waals surface area (Å²) < 4.78 is 0. The second-order valence-electron chi connectivity index (χ2n) is 4.49. The molecule has 5 nitrogen and oxygen atoms in total. The van der Waals surface area contributed by atoms with E-state index in [9.17, 15) is 4.79 Å². The van der Waals surface area contributed by atoms with E-state index in [0.29, 0.717) is 24.1 Å². The fourth-order valence-electron chi connectivity index (χ4n) is 1.62. The molecular formula is C15H23ClN4O. The van der Waals surface area contributed by atoms with Gasteiger partial charge in [0.15, 0.2) is 5.96 Å². The van der Waals surface area contributed by atoms with Crippen LogP contribution in [0.1, 0.15) is 25.8 Å². The summed E-state index contributed by atoms with van der Waals surface area (Å²) in [6.45, 7) is 6.07. The van der Waals surface area contributed by atoms with Crippen LogP contribution in [0.3, 0.4) is 0 Å². The van der Waals surface area contributed by atoms with Gasteiger partial charge in [-0.15, -0.1) is 0 Å². The van der Waals surface area contributed by atoms with Crippen LogP contribution in [0, 0.1) is 0 Å². The number of nitrogens with one attached hydrogen (secondary N) is 3. The Labute approximate surface area is 131 Å². The minimum atomic E-state index is -0.0415. The van der Waals surface area contributed by atoms with Crippen molar-refractivity contribution in [2.24, 2.45) is 4.99 Å². The zero-order valence-corrected chi connectivity index (χ0v) is 13.3. The molecule has 1 rings (SSSR count). The number of amides is 1. The van der Waals surface area contributed by atoms with E-state index in [1.54, 1.807) is 0 Å². The lowest BCUT2D eigenvalue weighted by atomic mass is 10.2. The van der Waals surface area contributed by atoms with E-state index in [1.165, 1.54) is 0 Å². The fraction of sp³-hybridized carbons (Fsp3) is 0.467. The van der Waals surface area contributed by atoms with Crippen LogP contribution in [0.5, 0.6) is 0 Å². The minimum absolute atomic E-state index is 0.0415. The first-order chi connectivity index (χ1) is 10.2. The van der Waals surface area contributed by atoms with Crippen molar-refractivity contribution >= 4 is 23.5 Å². The molecule has 21 heavy (non-hydrogen) atoms. The Morgan fingerprint density at radius 2 is 1.95 bits per heavy atom. The van der Waals surface area contributed by atoms with E-state index < -0.39 is 0 Å². The van der Waals surface area contributed by atoms with Gasteiger partial charge in [0.1, 0.15) is 0 Å². The average molecular weight is 311 g/mol. The number of nitrogens with zero attached hydrogens (tertiary/aromatic N) is 1. The summed E-state index contributed by atoms with van der Waals surface area (Å²) >= 11 is 6.10. The Morgan fingerprint density at radius 1 is 1.19 bits per heavy atom. The quantitative estimate of drug-likeness (QED) is 0.532. The van der Waals surface area contributed by atoms with Crippen molar-refractivity contribution < 1.29 is 4.79 Å². The van der Waals surface area contributed by atoms with Crippen molar-refractivity contribution in [2.45, 2.75) is 26.8 Å². The standard InChI is InChI=1S/C15H23ClN4O/c1-3-9-18-14(21)11-20-15(17-4-2)19-10-12-7-5-6-8-13(12)16/h5-8H,3-4,9-11H2,1-2H3,(H,18,21)(H2,17,19,20). The molecule has 0 saturated heterocycles. The molecular weight excluding hydrogens is 288 g/mol. The summed E-state index contributed by atoms with van der Waals surface area (Å²) in [6.07, 6.45) is 0.923. The van der Waals surface area contributed by atoms with Gasteiger partial charge in [-0.05, 0) is 25.0 Å². The van der Waals surface area contributed by atoms with Gasteiger partial charge in [-0.25, -0.2) is 4.99 Å². The van der Waals surface area contributed by atoms with Gasteiger partial charge in [0.2, 0.25) is 5.91 Å². The fourth-order valence-corrected chi connectivity index (χ4v) is 1.82. The maximum atomic E-state index is 11.6. The summed E-state index contributed by atoms with van der Waals surface area (Å²) in [7, 11) is 0. The highest BCUT2D eigenvalue weighted by atomic mass is 35.5. The Kier molecular flexibility index (Phi) is 8.28. The van der Waals surface area contributed by atoms with Gasteiger partial charge in [-0.2, -0.15) is 0 Å². The van der Waals surface area contributed by atoms with Gasteiger partial charge >= 0.3 is 0 Å². The number of hydrogen-bond acceptors (Lipinski definition) is 2. The van der Waals surface area contributed by atoms with Crippen molar-refractivity contribution in [1.29, 1.82) is 0 Å². The number of carbonyl (C=O) groups excluding carboxylic acids is 1. The molecule has 0 saturated carbocycles. The number of halogens is 1. The van der Waals surface area contributed by atoms with E-state index in [-0.39, 0.29) is 12.5 Å². The van der Waals surface area contributed by atoms with Gasteiger partial charge in [-0.3, -0.25) is 4.79 Å². The third-order valence-corrected chi connectivity index (χ3v) is 3.07. The first kappa shape index (κ1) is 17.3. The smallest absolute Gasteiger partial charge is 0.239 e. The van der Waals surface area contributed by atoms with Crippen molar-refractivity contribution in [1.82, 2.24) is 16.0 Å².